The normalized spacial score (nSPS) is 12.0. The van der Waals surface area contributed by atoms with Gasteiger partial charge in [0.2, 0.25) is 5.82 Å². The average molecular weight is 403 g/mol. The van der Waals surface area contributed by atoms with Gasteiger partial charge in [-0.3, -0.25) is 4.79 Å². The van der Waals surface area contributed by atoms with E-state index in [1.54, 1.807) is 19.1 Å². The topological polar surface area (TPSA) is 59.8 Å². The van der Waals surface area contributed by atoms with Crippen molar-refractivity contribution < 1.29 is 9.18 Å². The summed E-state index contributed by atoms with van der Waals surface area (Å²) in [5.41, 5.74) is 1.61. The Morgan fingerprint density at radius 3 is 2.56 bits per heavy atom. The highest BCUT2D eigenvalue weighted by atomic mass is 79.9. The highest BCUT2D eigenvalue weighted by Crippen LogP contribution is 2.23. The minimum absolute atomic E-state index is 0.0701. The Labute approximate surface area is 153 Å². The molecule has 5 nitrogen and oxygen atoms in total. The molecule has 128 valence electrons. The van der Waals surface area contributed by atoms with Crippen molar-refractivity contribution in [2.24, 2.45) is 0 Å². The molecule has 0 aliphatic rings. The number of hydrogen-bond donors (Lipinski definition) is 1. The Morgan fingerprint density at radius 1 is 1.20 bits per heavy atom. The fourth-order valence-corrected chi connectivity index (χ4v) is 3.11. The quantitative estimate of drug-likeness (QED) is 0.717. The van der Waals surface area contributed by atoms with Gasteiger partial charge in [-0.1, -0.05) is 34.1 Å². The van der Waals surface area contributed by atoms with Gasteiger partial charge in [-0.2, -0.15) is 0 Å². The van der Waals surface area contributed by atoms with Crippen molar-refractivity contribution in [2.45, 2.75) is 19.9 Å². The van der Waals surface area contributed by atoms with Crippen LogP contribution >= 0.6 is 15.9 Å². The van der Waals surface area contributed by atoms with Crippen molar-refractivity contribution in [3.8, 4) is 5.69 Å². The summed E-state index contributed by atoms with van der Waals surface area (Å²) < 4.78 is 15.5. The van der Waals surface area contributed by atoms with E-state index in [9.17, 15) is 9.18 Å². The van der Waals surface area contributed by atoms with Crippen LogP contribution in [-0.2, 0) is 0 Å². The number of nitrogens with one attached hydrogen (secondary N) is 1. The number of hydrogen-bond acceptors (Lipinski definition) is 3. The van der Waals surface area contributed by atoms with Crippen LogP contribution in [0.15, 0.2) is 53.0 Å². The molecule has 25 heavy (non-hydrogen) atoms. The third kappa shape index (κ3) is 3.76. The van der Waals surface area contributed by atoms with Gasteiger partial charge in [0.15, 0.2) is 0 Å². The van der Waals surface area contributed by atoms with E-state index >= 15 is 0 Å². The summed E-state index contributed by atoms with van der Waals surface area (Å²) in [4.78, 5) is 16.7. The van der Waals surface area contributed by atoms with Crippen molar-refractivity contribution in [1.82, 2.24) is 20.1 Å². The van der Waals surface area contributed by atoms with Crippen LogP contribution in [-0.4, -0.2) is 20.7 Å². The molecule has 0 bridgehead atoms. The summed E-state index contributed by atoms with van der Waals surface area (Å²) in [5.74, 6) is -0.0833. The van der Waals surface area contributed by atoms with Crippen molar-refractivity contribution >= 4 is 21.8 Å². The Balaban J connectivity index is 1.80. The summed E-state index contributed by atoms with van der Waals surface area (Å²) in [7, 11) is 0. The van der Waals surface area contributed by atoms with Gasteiger partial charge < -0.3 is 5.32 Å². The molecule has 0 aliphatic carbocycles. The first-order chi connectivity index (χ1) is 12.0. The summed E-state index contributed by atoms with van der Waals surface area (Å²) in [6.07, 6.45) is 0. The fourth-order valence-electron chi connectivity index (χ4n) is 2.48. The van der Waals surface area contributed by atoms with Crippen LogP contribution in [0.25, 0.3) is 5.69 Å². The molecule has 0 saturated heterocycles. The summed E-state index contributed by atoms with van der Waals surface area (Å²) in [6, 6.07) is 13.3. The van der Waals surface area contributed by atoms with Gasteiger partial charge in [0.25, 0.3) is 5.91 Å². The van der Waals surface area contributed by atoms with Gasteiger partial charge in [0.05, 0.1) is 11.7 Å². The maximum absolute atomic E-state index is 13.1. The Morgan fingerprint density at radius 2 is 1.88 bits per heavy atom. The fraction of sp³-hybridized carbons (Fsp3) is 0.167. The van der Waals surface area contributed by atoms with E-state index in [0.29, 0.717) is 11.5 Å². The lowest BCUT2D eigenvalue weighted by atomic mass is 10.1. The number of carbonyl (C=O) groups is 1. The van der Waals surface area contributed by atoms with Crippen molar-refractivity contribution in [2.75, 3.05) is 0 Å². The van der Waals surface area contributed by atoms with E-state index in [0.717, 1.165) is 10.0 Å². The van der Waals surface area contributed by atoms with E-state index < -0.39 is 0 Å². The summed E-state index contributed by atoms with van der Waals surface area (Å²) in [5, 5.41) is 7.13. The minimum Gasteiger partial charge on any atom is -0.343 e. The molecular weight excluding hydrogens is 387 g/mol. The number of amides is 1. The van der Waals surface area contributed by atoms with Gasteiger partial charge in [-0.25, -0.2) is 14.1 Å². The second-order valence-electron chi connectivity index (χ2n) is 5.59. The Kier molecular flexibility index (Phi) is 4.94. The van der Waals surface area contributed by atoms with Gasteiger partial charge in [-0.05, 0) is 49.7 Å². The zero-order chi connectivity index (χ0) is 18.0. The number of rotatable bonds is 4. The van der Waals surface area contributed by atoms with Crippen LogP contribution in [0.1, 0.15) is 35.0 Å². The zero-order valence-corrected chi connectivity index (χ0v) is 15.3. The molecule has 0 unspecified atom stereocenters. The Bertz CT molecular complexity index is 908. The lowest BCUT2D eigenvalue weighted by molar-refractivity contribution is 0.0929. The predicted molar refractivity (Wildman–Crippen MR) is 96.1 cm³/mol. The monoisotopic (exact) mass is 402 g/mol. The Hall–Kier alpha value is -2.54. The van der Waals surface area contributed by atoms with E-state index in [2.05, 4.69) is 31.3 Å². The van der Waals surface area contributed by atoms with Gasteiger partial charge in [-0.15, -0.1) is 5.10 Å². The third-order valence-electron chi connectivity index (χ3n) is 3.76. The predicted octanol–water partition coefficient (Wildman–Crippen LogP) is 3.97. The largest absolute Gasteiger partial charge is 0.343 e. The number of benzene rings is 2. The van der Waals surface area contributed by atoms with E-state index in [1.165, 1.54) is 16.8 Å². The maximum atomic E-state index is 13.1. The first-order valence-electron chi connectivity index (χ1n) is 7.70. The summed E-state index contributed by atoms with van der Waals surface area (Å²) >= 11 is 3.48. The molecule has 0 spiro atoms. The molecule has 3 rings (SSSR count). The standard InChI is InChI=1S/C18H16BrFN4O/c1-11(15-5-3-4-6-16(15)19)21-18(25)17-22-12(2)24(23-17)14-9-7-13(20)8-10-14/h3-11H,1-2H3,(H,21,25)/t11-/m0/s1. The van der Waals surface area contributed by atoms with E-state index in [1.807, 2.05) is 31.2 Å². The second kappa shape index (κ2) is 7.14. The number of aromatic nitrogens is 3. The van der Waals surface area contributed by atoms with E-state index in [4.69, 9.17) is 0 Å². The molecule has 1 atom stereocenters. The maximum Gasteiger partial charge on any atom is 0.291 e. The van der Waals surface area contributed by atoms with Crippen LogP contribution in [0.3, 0.4) is 0 Å². The number of aryl methyl sites for hydroxylation is 1. The lowest BCUT2D eigenvalue weighted by Gasteiger charge is -2.14. The van der Waals surface area contributed by atoms with Gasteiger partial charge >= 0.3 is 0 Å². The number of nitrogens with zero attached hydrogens (tertiary/aromatic N) is 3. The minimum atomic E-state index is -0.368. The molecule has 0 fully saturated rings. The summed E-state index contributed by atoms with van der Waals surface area (Å²) in [6.45, 7) is 3.63. The molecule has 7 heteroatoms. The lowest BCUT2D eigenvalue weighted by Crippen LogP contribution is -2.28. The van der Waals surface area contributed by atoms with Crippen molar-refractivity contribution in [1.29, 1.82) is 0 Å². The highest BCUT2D eigenvalue weighted by Gasteiger charge is 2.18. The second-order valence-corrected chi connectivity index (χ2v) is 6.44. The molecule has 1 amide bonds. The molecule has 1 N–H and O–H groups in total. The molecule has 0 saturated carbocycles. The van der Waals surface area contributed by atoms with Gasteiger partial charge in [0, 0.05) is 4.47 Å². The molecule has 1 aromatic heterocycles. The van der Waals surface area contributed by atoms with Crippen LogP contribution in [0.2, 0.25) is 0 Å². The third-order valence-corrected chi connectivity index (χ3v) is 4.48. The number of halogens is 2. The average Bonchev–Trinajstić information content (AvgIpc) is 2.98. The molecule has 2 aromatic carbocycles. The zero-order valence-electron chi connectivity index (χ0n) is 13.7. The molecular formula is C18H16BrFN4O. The first kappa shape index (κ1) is 17.3. The van der Waals surface area contributed by atoms with Crippen molar-refractivity contribution in [3.05, 3.63) is 76.0 Å². The van der Waals surface area contributed by atoms with E-state index in [-0.39, 0.29) is 23.6 Å². The molecule has 1 heterocycles. The van der Waals surface area contributed by atoms with Crippen LogP contribution < -0.4 is 5.32 Å². The SMILES string of the molecule is Cc1nc(C(=O)N[C@@H](C)c2ccccc2Br)nn1-c1ccc(F)cc1. The smallest absolute Gasteiger partial charge is 0.291 e. The van der Waals surface area contributed by atoms with Gasteiger partial charge in [0.1, 0.15) is 11.6 Å². The van der Waals surface area contributed by atoms with Crippen LogP contribution in [0.5, 0.6) is 0 Å². The van der Waals surface area contributed by atoms with Crippen LogP contribution in [0, 0.1) is 12.7 Å². The van der Waals surface area contributed by atoms with Crippen LogP contribution in [0.4, 0.5) is 4.39 Å². The molecule has 0 radical (unpaired) electrons. The number of carbonyl (C=O) groups excluding carboxylic acids is 1. The first-order valence-corrected chi connectivity index (χ1v) is 8.50. The molecule has 3 aromatic rings. The molecule has 0 aliphatic heterocycles. The van der Waals surface area contributed by atoms with Crippen molar-refractivity contribution in [3.63, 3.8) is 0 Å². The highest BCUT2D eigenvalue weighted by molar-refractivity contribution is 9.10.